The second kappa shape index (κ2) is 6.66. The van der Waals surface area contributed by atoms with Crippen molar-refractivity contribution in [2.45, 2.75) is 95.4 Å². The Hall–Kier alpha value is -1.82. The minimum absolute atomic E-state index is 0.0366. The van der Waals surface area contributed by atoms with Crippen molar-refractivity contribution in [2.24, 2.45) is 0 Å². The van der Waals surface area contributed by atoms with E-state index < -0.39 is 22.4 Å². The van der Waals surface area contributed by atoms with E-state index in [9.17, 15) is 15.2 Å². The lowest BCUT2D eigenvalue weighted by molar-refractivity contribution is -0.769. The van der Waals surface area contributed by atoms with Crippen LogP contribution in [0.1, 0.15) is 83.8 Å². The van der Waals surface area contributed by atoms with E-state index in [0.29, 0.717) is 19.3 Å². The minimum atomic E-state index is -1.07. The van der Waals surface area contributed by atoms with Crippen molar-refractivity contribution in [1.82, 2.24) is 0 Å². The summed E-state index contributed by atoms with van der Waals surface area (Å²) in [5.41, 5.74) is 0.312. The molecule has 150 valence electrons. The molecule has 1 aliphatic heterocycles. The molecule has 1 fully saturated rings. The van der Waals surface area contributed by atoms with E-state index in [4.69, 9.17) is 9.57 Å². The third-order valence-electron chi connectivity index (χ3n) is 6.61. The Morgan fingerprint density at radius 2 is 2.11 bits per heavy atom. The van der Waals surface area contributed by atoms with E-state index in [2.05, 4.69) is 32.9 Å². The van der Waals surface area contributed by atoms with Crippen LogP contribution in [0.2, 0.25) is 0 Å². The van der Waals surface area contributed by atoms with Crippen LogP contribution < -0.4 is 4.74 Å². The Bertz CT molecular complexity index is 729. The lowest BCUT2D eigenvalue weighted by Crippen LogP contribution is -2.62. The summed E-state index contributed by atoms with van der Waals surface area (Å²) < 4.78 is 6.30. The molecule has 0 unspecified atom stereocenters. The molecular weight excluding hydrogens is 346 g/mol. The first-order valence-electron chi connectivity index (χ1n) is 9.87. The highest BCUT2D eigenvalue weighted by molar-refractivity contribution is 5.47. The zero-order valence-electron chi connectivity index (χ0n) is 16.9. The number of hydrogen-bond acceptors (Lipinski definition) is 5. The van der Waals surface area contributed by atoms with E-state index in [1.54, 1.807) is 0 Å². The molecule has 0 saturated heterocycles. The first-order valence-corrected chi connectivity index (χ1v) is 9.87. The number of hydrogen-bond donors (Lipinski definition) is 1. The van der Waals surface area contributed by atoms with Gasteiger partial charge in [-0.15, -0.1) is 10.1 Å². The van der Waals surface area contributed by atoms with Crippen molar-refractivity contribution >= 4 is 0 Å². The van der Waals surface area contributed by atoms with Gasteiger partial charge in [-0.05, 0) is 56.6 Å². The zero-order chi connectivity index (χ0) is 20.0. The molecule has 0 aromatic heterocycles. The summed E-state index contributed by atoms with van der Waals surface area (Å²) >= 11 is 0. The fourth-order valence-corrected chi connectivity index (χ4v) is 4.92. The first kappa shape index (κ1) is 19.9. The summed E-state index contributed by atoms with van der Waals surface area (Å²) in [4.78, 5) is 15.6. The monoisotopic (exact) mass is 377 g/mol. The summed E-state index contributed by atoms with van der Waals surface area (Å²) in [5.74, 6) is 0.524. The molecule has 27 heavy (non-hydrogen) atoms. The zero-order valence-corrected chi connectivity index (χ0v) is 16.9. The van der Waals surface area contributed by atoms with Crippen LogP contribution in [0, 0.1) is 10.1 Å². The summed E-state index contributed by atoms with van der Waals surface area (Å²) in [6.45, 7) is 10.4. The number of aliphatic hydroxyl groups is 1. The van der Waals surface area contributed by atoms with Gasteiger partial charge in [-0.1, -0.05) is 39.3 Å². The molecule has 0 amide bonds. The normalized spacial score (nSPS) is 29.3. The maximum absolute atomic E-state index is 11.5. The van der Waals surface area contributed by atoms with E-state index in [1.807, 2.05) is 19.9 Å². The van der Waals surface area contributed by atoms with Crippen LogP contribution in [0.3, 0.4) is 0 Å². The standard InChI is InChI=1S/C21H31NO5/c1-6-10-19(2,3)14-7-8-16-17-13-15(27-22(24)25)9-11-21(17,23)20(4,5)26-18(16)12-14/h7-8,12,15,17,23H,6,9-11,13H2,1-5H3/t15-,17-,21-/m1/s1. The third kappa shape index (κ3) is 3.40. The molecule has 1 N–H and O–H groups in total. The number of fused-ring (bicyclic) bond motifs is 3. The highest BCUT2D eigenvalue weighted by atomic mass is 17.0. The number of ether oxygens (including phenoxy) is 1. The van der Waals surface area contributed by atoms with Gasteiger partial charge in [0.1, 0.15) is 23.1 Å². The van der Waals surface area contributed by atoms with Crippen molar-refractivity contribution < 1.29 is 19.8 Å². The van der Waals surface area contributed by atoms with Gasteiger partial charge in [0.2, 0.25) is 0 Å². The predicted octanol–water partition coefficient (Wildman–Crippen LogP) is 4.51. The maximum Gasteiger partial charge on any atom is 0.294 e. The van der Waals surface area contributed by atoms with Crippen LogP contribution in [0.5, 0.6) is 5.75 Å². The third-order valence-corrected chi connectivity index (χ3v) is 6.61. The average Bonchev–Trinajstić information content (AvgIpc) is 2.55. The summed E-state index contributed by atoms with van der Waals surface area (Å²) in [6, 6.07) is 6.22. The van der Waals surface area contributed by atoms with E-state index in [0.717, 1.165) is 24.2 Å². The van der Waals surface area contributed by atoms with Gasteiger partial charge in [-0.2, -0.15) is 0 Å². The van der Waals surface area contributed by atoms with Crippen molar-refractivity contribution in [3.05, 3.63) is 39.4 Å². The fraction of sp³-hybridized carbons (Fsp3) is 0.714. The first-order chi connectivity index (χ1) is 12.5. The highest BCUT2D eigenvalue weighted by Crippen LogP contribution is 2.55. The minimum Gasteiger partial charge on any atom is -0.485 e. The Balaban J connectivity index is 2.01. The molecule has 1 aliphatic carbocycles. The van der Waals surface area contributed by atoms with Crippen LogP contribution in [-0.2, 0) is 10.3 Å². The molecule has 6 heteroatoms. The van der Waals surface area contributed by atoms with Crippen molar-refractivity contribution in [1.29, 1.82) is 0 Å². The van der Waals surface area contributed by atoms with Gasteiger partial charge in [0.05, 0.1) is 0 Å². The van der Waals surface area contributed by atoms with Gasteiger partial charge in [-0.3, -0.25) is 0 Å². The van der Waals surface area contributed by atoms with Gasteiger partial charge in [0, 0.05) is 11.5 Å². The van der Waals surface area contributed by atoms with Gasteiger partial charge in [-0.25, -0.2) is 0 Å². The Labute approximate surface area is 161 Å². The second-order valence-corrected chi connectivity index (χ2v) is 9.20. The smallest absolute Gasteiger partial charge is 0.294 e. The van der Waals surface area contributed by atoms with Gasteiger partial charge in [0.25, 0.3) is 5.09 Å². The van der Waals surface area contributed by atoms with E-state index in [-0.39, 0.29) is 11.3 Å². The SMILES string of the molecule is CCCC(C)(C)c1ccc2c(c1)OC(C)(C)[C@@]1(O)CC[C@@H](O[N+](=O)[O-])C[C@H]21. The maximum atomic E-state index is 11.5. The van der Waals surface area contributed by atoms with Crippen LogP contribution in [0.4, 0.5) is 0 Å². The summed E-state index contributed by atoms with van der Waals surface area (Å²) in [6.07, 6.45) is 2.93. The van der Waals surface area contributed by atoms with Crippen LogP contribution in [0.25, 0.3) is 0 Å². The molecule has 1 aromatic carbocycles. The number of rotatable bonds is 5. The van der Waals surface area contributed by atoms with Gasteiger partial charge in [0.15, 0.2) is 0 Å². The molecule has 3 atom stereocenters. The number of benzene rings is 1. The molecule has 0 spiro atoms. The van der Waals surface area contributed by atoms with Gasteiger partial charge < -0.3 is 14.7 Å². The largest absolute Gasteiger partial charge is 0.485 e. The Kier molecular flexibility index (Phi) is 4.91. The van der Waals surface area contributed by atoms with Crippen molar-refractivity contribution in [3.63, 3.8) is 0 Å². The molecule has 1 saturated carbocycles. The predicted molar refractivity (Wildman–Crippen MR) is 102 cm³/mol. The van der Waals surface area contributed by atoms with Crippen molar-refractivity contribution in [2.75, 3.05) is 0 Å². The average molecular weight is 377 g/mol. The molecule has 3 rings (SSSR count). The Morgan fingerprint density at radius 3 is 2.74 bits per heavy atom. The lowest BCUT2D eigenvalue weighted by atomic mass is 9.62. The molecule has 0 radical (unpaired) electrons. The van der Waals surface area contributed by atoms with Crippen LogP contribution in [0.15, 0.2) is 18.2 Å². The van der Waals surface area contributed by atoms with E-state index in [1.165, 1.54) is 5.56 Å². The number of nitrogens with zero attached hydrogens (tertiary/aromatic N) is 1. The lowest BCUT2D eigenvalue weighted by Gasteiger charge is -2.54. The van der Waals surface area contributed by atoms with Gasteiger partial charge >= 0.3 is 0 Å². The summed E-state index contributed by atoms with van der Waals surface area (Å²) in [5, 5.41) is 21.5. The van der Waals surface area contributed by atoms with Crippen molar-refractivity contribution in [3.8, 4) is 5.75 Å². The quantitative estimate of drug-likeness (QED) is 0.603. The van der Waals surface area contributed by atoms with Crippen LogP contribution in [-0.4, -0.2) is 27.5 Å². The Morgan fingerprint density at radius 1 is 1.41 bits per heavy atom. The molecule has 1 aromatic rings. The second-order valence-electron chi connectivity index (χ2n) is 9.20. The molecule has 6 nitrogen and oxygen atoms in total. The van der Waals surface area contributed by atoms with Crippen LogP contribution >= 0.6 is 0 Å². The molecule has 0 bridgehead atoms. The summed E-state index contributed by atoms with van der Waals surface area (Å²) in [7, 11) is 0. The molecular formula is C21H31NO5. The molecule has 2 aliphatic rings. The fourth-order valence-electron chi connectivity index (χ4n) is 4.92. The van der Waals surface area contributed by atoms with E-state index >= 15 is 0 Å². The highest BCUT2D eigenvalue weighted by Gasteiger charge is 2.58. The topological polar surface area (TPSA) is 81.8 Å². The molecule has 1 heterocycles.